The van der Waals surface area contributed by atoms with Crippen LogP contribution in [-0.4, -0.2) is 45.9 Å². The summed E-state index contributed by atoms with van der Waals surface area (Å²) in [6.45, 7) is 0.0295. The fourth-order valence-electron chi connectivity index (χ4n) is 3.31. The predicted octanol–water partition coefficient (Wildman–Crippen LogP) is 3.40. The average Bonchev–Trinajstić information content (AvgIpc) is 2.93. The highest BCUT2D eigenvalue weighted by Gasteiger charge is 2.39. The number of Topliss-reactive ketones (excluding diaryl/α,β-unsaturated/α-hetero) is 1. The van der Waals surface area contributed by atoms with Crippen molar-refractivity contribution < 1.29 is 29.6 Å². The number of carboxylic acids is 1. The molecule has 1 aromatic carbocycles. The summed E-state index contributed by atoms with van der Waals surface area (Å²) in [4.78, 5) is 22.7. The molecule has 0 heterocycles. The second kappa shape index (κ2) is 11.8. The number of hydrogen-bond acceptors (Lipinski definition) is 5. The molecule has 1 fully saturated rings. The van der Waals surface area contributed by atoms with Crippen LogP contribution >= 0.6 is 11.6 Å². The van der Waals surface area contributed by atoms with E-state index in [0.29, 0.717) is 30.0 Å². The average molecular weight is 423 g/mol. The van der Waals surface area contributed by atoms with E-state index in [1.807, 2.05) is 12.2 Å². The highest BCUT2D eigenvalue weighted by Crippen LogP contribution is 2.33. The van der Waals surface area contributed by atoms with E-state index < -0.39 is 18.2 Å². The van der Waals surface area contributed by atoms with Crippen molar-refractivity contribution in [3.05, 3.63) is 53.6 Å². The van der Waals surface area contributed by atoms with Crippen LogP contribution in [0.25, 0.3) is 0 Å². The van der Waals surface area contributed by atoms with Crippen LogP contribution in [0.3, 0.4) is 0 Å². The molecule has 1 saturated carbocycles. The van der Waals surface area contributed by atoms with Crippen molar-refractivity contribution in [3.8, 4) is 5.75 Å². The number of ketones is 1. The van der Waals surface area contributed by atoms with Gasteiger partial charge in [0.05, 0.1) is 6.10 Å². The number of benzene rings is 1. The van der Waals surface area contributed by atoms with Gasteiger partial charge in [0.1, 0.15) is 24.2 Å². The molecule has 0 amide bonds. The van der Waals surface area contributed by atoms with Crippen molar-refractivity contribution in [2.24, 2.45) is 11.8 Å². The highest BCUT2D eigenvalue weighted by molar-refractivity contribution is 6.30. The van der Waals surface area contributed by atoms with Gasteiger partial charge in [-0.2, -0.15) is 0 Å². The zero-order valence-electron chi connectivity index (χ0n) is 16.1. The molecule has 0 aliphatic heterocycles. The molecule has 1 aliphatic rings. The number of aliphatic carboxylic acids is 1. The molecule has 4 atom stereocenters. The molecule has 7 heteroatoms. The number of allylic oxidation sites excluding steroid dienone is 2. The summed E-state index contributed by atoms with van der Waals surface area (Å²) < 4.78 is 5.49. The van der Waals surface area contributed by atoms with Crippen molar-refractivity contribution in [2.75, 3.05) is 6.61 Å². The lowest BCUT2D eigenvalue weighted by Gasteiger charge is -2.17. The fourth-order valence-corrected chi connectivity index (χ4v) is 3.49. The normalized spacial score (nSPS) is 23.1. The van der Waals surface area contributed by atoms with Crippen LogP contribution in [0.4, 0.5) is 0 Å². The van der Waals surface area contributed by atoms with Gasteiger partial charge in [-0.1, -0.05) is 42.0 Å². The molecule has 6 nitrogen and oxygen atoms in total. The number of halogens is 1. The summed E-state index contributed by atoms with van der Waals surface area (Å²) >= 11 is 5.89. The Labute approximate surface area is 175 Å². The number of unbranched alkanes of at least 4 members (excludes halogenated alkanes) is 1. The third-order valence-electron chi connectivity index (χ3n) is 4.82. The minimum absolute atomic E-state index is 0.00740. The number of carboxylic acid groups (broad SMARTS) is 1. The Morgan fingerprint density at radius 1 is 1.34 bits per heavy atom. The molecule has 2 rings (SSSR count). The first kappa shape index (κ1) is 23.1. The number of carbonyl (C=O) groups excluding carboxylic acids is 1. The molecule has 3 N–H and O–H groups in total. The van der Waals surface area contributed by atoms with E-state index in [0.717, 1.165) is 0 Å². The zero-order valence-corrected chi connectivity index (χ0v) is 16.9. The fraction of sp³-hybridized carbons (Fsp3) is 0.455. The molecule has 1 aromatic rings. The summed E-state index contributed by atoms with van der Waals surface area (Å²) in [6.07, 6.45) is 7.18. The van der Waals surface area contributed by atoms with Crippen LogP contribution in [0.15, 0.2) is 48.6 Å². The molecule has 29 heavy (non-hydrogen) atoms. The van der Waals surface area contributed by atoms with Crippen molar-refractivity contribution in [1.82, 2.24) is 0 Å². The number of rotatable bonds is 11. The van der Waals surface area contributed by atoms with Gasteiger partial charge in [0.25, 0.3) is 0 Å². The summed E-state index contributed by atoms with van der Waals surface area (Å²) in [7, 11) is 0. The molecule has 0 saturated heterocycles. The standard InChI is InChI=1S/C22H27ClO6/c23-15-6-5-7-17(12-15)29-14-16(24)10-11-19-18(20(25)13-21(19)26)8-3-1-2-4-9-22(27)28/h1,3,5-7,10-12,16,18-19,21,24,26H,2,4,8-9,13-14H2,(H,27,28)/t16-,18-,19-,21-/m1/s1. The monoisotopic (exact) mass is 422 g/mol. The molecule has 1 aliphatic carbocycles. The summed E-state index contributed by atoms with van der Waals surface area (Å²) in [5.74, 6) is -1.00. The van der Waals surface area contributed by atoms with Crippen LogP contribution in [-0.2, 0) is 9.59 Å². The number of aliphatic hydroxyl groups excluding tert-OH is 2. The predicted molar refractivity (Wildman–Crippen MR) is 110 cm³/mol. The number of aliphatic hydroxyl groups is 2. The second-order valence-corrected chi connectivity index (χ2v) is 7.57. The van der Waals surface area contributed by atoms with Crippen LogP contribution in [0.2, 0.25) is 5.02 Å². The molecular weight excluding hydrogens is 396 g/mol. The van der Waals surface area contributed by atoms with Crippen molar-refractivity contribution in [1.29, 1.82) is 0 Å². The number of hydrogen-bond donors (Lipinski definition) is 3. The van der Waals surface area contributed by atoms with Gasteiger partial charge in [0, 0.05) is 29.7 Å². The van der Waals surface area contributed by atoms with Crippen molar-refractivity contribution in [2.45, 2.75) is 44.3 Å². The lowest BCUT2D eigenvalue weighted by Crippen LogP contribution is -2.20. The van der Waals surface area contributed by atoms with E-state index in [1.54, 1.807) is 36.4 Å². The van der Waals surface area contributed by atoms with Crippen LogP contribution in [0, 0.1) is 11.8 Å². The smallest absolute Gasteiger partial charge is 0.303 e. The largest absolute Gasteiger partial charge is 0.491 e. The van der Waals surface area contributed by atoms with Gasteiger partial charge in [-0.15, -0.1) is 0 Å². The first-order chi connectivity index (χ1) is 13.9. The second-order valence-electron chi connectivity index (χ2n) is 7.14. The van der Waals surface area contributed by atoms with Gasteiger partial charge in [0.2, 0.25) is 0 Å². The summed E-state index contributed by atoms with van der Waals surface area (Å²) in [5.41, 5.74) is 0. The van der Waals surface area contributed by atoms with Crippen LogP contribution in [0.1, 0.15) is 32.1 Å². The summed E-state index contributed by atoms with van der Waals surface area (Å²) in [6, 6.07) is 6.86. The Morgan fingerprint density at radius 2 is 2.14 bits per heavy atom. The SMILES string of the molecule is O=C(O)CCCC=CC[C@H]1C(=O)C[C@@H](O)[C@@H]1C=C[C@@H](O)COc1cccc(Cl)c1. The quantitative estimate of drug-likeness (QED) is 0.373. The molecular formula is C22H27ClO6. The highest BCUT2D eigenvalue weighted by atomic mass is 35.5. The van der Waals surface area contributed by atoms with Gasteiger partial charge >= 0.3 is 5.97 Å². The Bertz CT molecular complexity index is 745. The van der Waals surface area contributed by atoms with Gasteiger partial charge in [0.15, 0.2) is 0 Å². The van der Waals surface area contributed by atoms with E-state index >= 15 is 0 Å². The minimum Gasteiger partial charge on any atom is -0.491 e. The van der Waals surface area contributed by atoms with E-state index in [4.69, 9.17) is 21.4 Å². The maximum atomic E-state index is 12.2. The van der Waals surface area contributed by atoms with E-state index in [-0.39, 0.29) is 37.1 Å². The third kappa shape index (κ3) is 8.01. The molecule has 0 spiro atoms. The Balaban J connectivity index is 1.84. The van der Waals surface area contributed by atoms with E-state index in [2.05, 4.69) is 0 Å². The lowest BCUT2D eigenvalue weighted by atomic mass is 9.90. The molecule has 0 bridgehead atoms. The van der Waals surface area contributed by atoms with Gasteiger partial charge in [-0.3, -0.25) is 9.59 Å². The zero-order chi connectivity index (χ0) is 21.2. The number of ether oxygens (including phenoxy) is 1. The Morgan fingerprint density at radius 3 is 2.86 bits per heavy atom. The van der Waals surface area contributed by atoms with E-state index in [1.165, 1.54) is 0 Å². The maximum absolute atomic E-state index is 12.2. The number of carbonyl (C=O) groups is 2. The Kier molecular flexibility index (Phi) is 9.38. The van der Waals surface area contributed by atoms with Crippen LogP contribution in [0.5, 0.6) is 5.75 Å². The van der Waals surface area contributed by atoms with Crippen LogP contribution < -0.4 is 4.74 Å². The topological polar surface area (TPSA) is 104 Å². The van der Waals surface area contributed by atoms with Gasteiger partial charge in [-0.25, -0.2) is 0 Å². The maximum Gasteiger partial charge on any atom is 0.303 e. The Hall–Kier alpha value is -2.15. The summed E-state index contributed by atoms with van der Waals surface area (Å²) in [5, 5.41) is 29.5. The van der Waals surface area contributed by atoms with Gasteiger partial charge in [-0.05, 0) is 37.5 Å². The molecule has 0 aromatic heterocycles. The minimum atomic E-state index is -0.885. The molecule has 0 unspecified atom stereocenters. The lowest BCUT2D eigenvalue weighted by molar-refractivity contribution is -0.137. The van der Waals surface area contributed by atoms with E-state index in [9.17, 15) is 19.8 Å². The first-order valence-electron chi connectivity index (χ1n) is 9.69. The van der Waals surface area contributed by atoms with Crippen molar-refractivity contribution in [3.63, 3.8) is 0 Å². The van der Waals surface area contributed by atoms with Crippen molar-refractivity contribution >= 4 is 23.4 Å². The molecule has 158 valence electrons. The third-order valence-corrected chi connectivity index (χ3v) is 5.06. The van der Waals surface area contributed by atoms with Gasteiger partial charge < -0.3 is 20.1 Å². The molecule has 0 radical (unpaired) electrons. The first-order valence-corrected chi connectivity index (χ1v) is 10.1.